The molecule has 0 saturated carbocycles. The number of carbonyl (C=O) groups excluding carboxylic acids is 1. The maximum atomic E-state index is 12.2. The molecule has 0 bridgehead atoms. The van der Waals surface area contributed by atoms with E-state index in [9.17, 15) is 14.9 Å². The molecule has 0 fully saturated rings. The highest BCUT2D eigenvalue weighted by Crippen LogP contribution is 2.27. The number of pyridine rings is 1. The van der Waals surface area contributed by atoms with Crippen LogP contribution in [0.1, 0.15) is 15.2 Å². The van der Waals surface area contributed by atoms with Crippen LogP contribution >= 0.6 is 11.3 Å². The maximum absolute atomic E-state index is 12.2. The normalized spacial score (nSPS) is 10.5. The van der Waals surface area contributed by atoms with Crippen molar-refractivity contribution in [3.8, 4) is 0 Å². The van der Waals surface area contributed by atoms with Crippen molar-refractivity contribution in [3.05, 3.63) is 62.7 Å². The number of nitrogens with zero attached hydrogens (tertiary/aromatic N) is 3. The minimum atomic E-state index is -0.577. The summed E-state index contributed by atoms with van der Waals surface area (Å²) < 4.78 is 5.20. The van der Waals surface area contributed by atoms with Gasteiger partial charge in [0, 0.05) is 18.5 Å². The SMILES string of the molecule is O=C(OCc1cncs1)c1ccc([N+](=O)[O-])c2cccnc12. The number of fused-ring (bicyclic) bond motifs is 1. The summed E-state index contributed by atoms with van der Waals surface area (Å²) in [5.74, 6) is -0.577. The summed E-state index contributed by atoms with van der Waals surface area (Å²) >= 11 is 1.38. The van der Waals surface area contributed by atoms with Crippen LogP contribution in [0.2, 0.25) is 0 Å². The first-order valence-electron chi connectivity index (χ1n) is 6.23. The lowest BCUT2D eigenvalue weighted by Gasteiger charge is -2.06. The average Bonchev–Trinajstić information content (AvgIpc) is 3.04. The number of nitro groups is 1. The number of thiazole rings is 1. The van der Waals surface area contributed by atoms with Crippen molar-refractivity contribution >= 4 is 33.9 Å². The molecule has 22 heavy (non-hydrogen) atoms. The van der Waals surface area contributed by atoms with E-state index in [4.69, 9.17) is 4.74 Å². The van der Waals surface area contributed by atoms with Crippen molar-refractivity contribution in [1.29, 1.82) is 0 Å². The summed E-state index contributed by atoms with van der Waals surface area (Å²) in [6, 6.07) is 5.79. The number of esters is 1. The van der Waals surface area contributed by atoms with Crippen LogP contribution in [0.3, 0.4) is 0 Å². The number of non-ortho nitro benzene ring substituents is 1. The molecule has 7 nitrogen and oxygen atoms in total. The number of nitro benzene ring substituents is 1. The molecule has 110 valence electrons. The Kier molecular flexibility index (Phi) is 3.75. The first-order chi connectivity index (χ1) is 10.7. The van der Waals surface area contributed by atoms with Gasteiger partial charge in [0.05, 0.1) is 31.8 Å². The van der Waals surface area contributed by atoms with E-state index in [1.54, 1.807) is 23.8 Å². The van der Waals surface area contributed by atoms with E-state index in [0.29, 0.717) is 5.39 Å². The highest BCUT2D eigenvalue weighted by molar-refractivity contribution is 7.09. The first-order valence-corrected chi connectivity index (χ1v) is 7.11. The summed E-state index contributed by atoms with van der Waals surface area (Å²) in [5, 5.41) is 11.3. The second-order valence-corrected chi connectivity index (χ2v) is 5.30. The lowest BCUT2D eigenvalue weighted by molar-refractivity contribution is -0.383. The van der Waals surface area contributed by atoms with Gasteiger partial charge in [-0.25, -0.2) is 4.79 Å². The van der Waals surface area contributed by atoms with Gasteiger partial charge < -0.3 is 4.74 Å². The molecule has 0 aliphatic carbocycles. The molecule has 0 saturated heterocycles. The second-order valence-electron chi connectivity index (χ2n) is 4.33. The van der Waals surface area contributed by atoms with Gasteiger partial charge in [0.2, 0.25) is 0 Å². The molecule has 3 rings (SSSR count). The van der Waals surface area contributed by atoms with Crippen LogP contribution in [0.4, 0.5) is 5.69 Å². The quantitative estimate of drug-likeness (QED) is 0.417. The maximum Gasteiger partial charge on any atom is 0.340 e. The van der Waals surface area contributed by atoms with Gasteiger partial charge in [-0.2, -0.15) is 0 Å². The smallest absolute Gasteiger partial charge is 0.340 e. The van der Waals surface area contributed by atoms with Gasteiger partial charge in [0.15, 0.2) is 0 Å². The summed E-state index contributed by atoms with van der Waals surface area (Å²) in [4.78, 5) is 31.5. The predicted octanol–water partition coefficient (Wildman–Crippen LogP) is 2.96. The Hall–Kier alpha value is -2.87. The molecule has 3 aromatic rings. The Morgan fingerprint density at radius 3 is 2.95 bits per heavy atom. The molecule has 0 unspecified atom stereocenters. The molecule has 2 aromatic heterocycles. The summed E-state index contributed by atoms with van der Waals surface area (Å²) in [6.45, 7) is 0.106. The molecule has 1 aromatic carbocycles. The van der Waals surface area contributed by atoms with Gasteiger partial charge in [-0.1, -0.05) is 0 Å². The van der Waals surface area contributed by atoms with E-state index in [1.807, 2.05) is 0 Å². The number of benzene rings is 1. The molecule has 8 heteroatoms. The fraction of sp³-hybridized carbons (Fsp3) is 0.0714. The molecular weight excluding hydrogens is 306 g/mol. The number of rotatable bonds is 4. The topological polar surface area (TPSA) is 95.2 Å². The van der Waals surface area contributed by atoms with Gasteiger partial charge in [0.1, 0.15) is 6.61 Å². The monoisotopic (exact) mass is 315 g/mol. The van der Waals surface area contributed by atoms with E-state index < -0.39 is 10.9 Å². The Balaban J connectivity index is 1.95. The van der Waals surface area contributed by atoms with Crippen LogP contribution in [-0.2, 0) is 11.3 Å². The summed E-state index contributed by atoms with van der Waals surface area (Å²) in [6.07, 6.45) is 3.09. The molecule has 0 radical (unpaired) electrons. The number of carbonyl (C=O) groups is 1. The summed E-state index contributed by atoms with van der Waals surface area (Å²) in [5.41, 5.74) is 2.00. The molecule has 0 spiro atoms. The van der Waals surface area contributed by atoms with Crippen molar-refractivity contribution in [1.82, 2.24) is 9.97 Å². The van der Waals surface area contributed by atoms with Crippen molar-refractivity contribution in [3.63, 3.8) is 0 Å². The van der Waals surface area contributed by atoms with Gasteiger partial charge in [-0.15, -0.1) is 11.3 Å². The van der Waals surface area contributed by atoms with Crippen LogP contribution in [0, 0.1) is 10.1 Å². The highest BCUT2D eigenvalue weighted by atomic mass is 32.1. The van der Waals surface area contributed by atoms with Crippen LogP contribution in [0.25, 0.3) is 10.9 Å². The zero-order valence-electron chi connectivity index (χ0n) is 11.1. The number of aromatic nitrogens is 2. The lowest BCUT2D eigenvalue weighted by Crippen LogP contribution is -2.06. The average molecular weight is 315 g/mol. The van der Waals surface area contributed by atoms with Crippen LogP contribution < -0.4 is 0 Å². The fourth-order valence-corrected chi connectivity index (χ4v) is 2.52. The number of hydrogen-bond acceptors (Lipinski definition) is 7. The molecular formula is C14H9N3O4S. The fourth-order valence-electron chi connectivity index (χ4n) is 2.01. The van der Waals surface area contributed by atoms with Crippen LogP contribution in [0.15, 0.2) is 42.2 Å². The molecule has 0 atom stereocenters. The number of hydrogen-bond donors (Lipinski definition) is 0. The Morgan fingerprint density at radius 1 is 1.36 bits per heavy atom. The Bertz CT molecular complexity index is 848. The standard InChI is InChI=1S/C14H9N3O4S/c18-14(21-7-9-6-15-8-22-9)11-3-4-12(17(19)20)10-2-1-5-16-13(10)11/h1-6,8H,7H2. The van der Waals surface area contributed by atoms with E-state index in [1.165, 1.54) is 29.7 Å². The molecule has 0 N–H and O–H groups in total. The van der Waals surface area contributed by atoms with E-state index in [-0.39, 0.29) is 23.4 Å². The molecule has 2 heterocycles. The largest absolute Gasteiger partial charge is 0.456 e. The van der Waals surface area contributed by atoms with Crippen molar-refractivity contribution in [2.75, 3.05) is 0 Å². The third-order valence-electron chi connectivity index (χ3n) is 2.99. The van der Waals surface area contributed by atoms with Gasteiger partial charge in [0.25, 0.3) is 5.69 Å². The van der Waals surface area contributed by atoms with Crippen molar-refractivity contribution in [2.24, 2.45) is 0 Å². The van der Waals surface area contributed by atoms with Gasteiger partial charge in [-0.05, 0) is 18.2 Å². The first kappa shape index (κ1) is 14.1. The van der Waals surface area contributed by atoms with Crippen LogP contribution in [-0.4, -0.2) is 20.9 Å². The third kappa shape index (κ3) is 2.63. The predicted molar refractivity (Wildman–Crippen MR) is 79.6 cm³/mol. The third-order valence-corrected chi connectivity index (χ3v) is 3.75. The minimum absolute atomic E-state index is 0.0953. The Labute approximate surface area is 128 Å². The number of ether oxygens (including phenoxy) is 1. The Morgan fingerprint density at radius 2 is 2.23 bits per heavy atom. The minimum Gasteiger partial charge on any atom is -0.456 e. The molecule has 0 aliphatic heterocycles. The van der Waals surface area contributed by atoms with Crippen LogP contribution in [0.5, 0.6) is 0 Å². The van der Waals surface area contributed by atoms with Crippen molar-refractivity contribution in [2.45, 2.75) is 6.61 Å². The second kappa shape index (κ2) is 5.86. The molecule has 0 aliphatic rings. The molecule has 0 amide bonds. The van der Waals surface area contributed by atoms with E-state index in [2.05, 4.69) is 9.97 Å². The van der Waals surface area contributed by atoms with Gasteiger partial charge in [-0.3, -0.25) is 20.1 Å². The van der Waals surface area contributed by atoms with E-state index >= 15 is 0 Å². The van der Waals surface area contributed by atoms with Crippen molar-refractivity contribution < 1.29 is 14.5 Å². The van der Waals surface area contributed by atoms with E-state index in [0.717, 1.165) is 4.88 Å². The summed E-state index contributed by atoms with van der Waals surface area (Å²) in [7, 11) is 0. The zero-order chi connectivity index (χ0) is 15.5. The zero-order valence-corrected chi connectivity index (χ0v) is 11.9. The van der Waals surface area contributed by atoms with Gasteiger partial charge >= 0.3 is 5.97 Å². The lowest BCUT2D eigenvalue weighted by atomic mass is 10.1. The highest BCUT2D eigenvalue weighted by Gasteiger charge is 2.19.